The highest BCUT2D eigenvalue weighted by Crippen LogP contribution is 2.30. The highest BCUT2D eigenvalue weighted by molar-refractivity contribution is 8.00. The summed E-state index contributed by atoms with van der Waals surface area (Å²) in [6, 6.07) is 15.0. The Balaban J connectivity index is 2.14. The summed E-state index contributed by atoms with van der Waals surface area (Å²) in [6.07, 6.45) is 0. The zero-order chi connectivity index (χ0) is 15.9. The number of thioether (sulfide) groups is 1. The van der Waals surface area contributed by atoms with Crippen LogP contribution in [0, 0.1) is 0 Å². The predicted octanol–water partition coefficient (Wildman–Crippen LogP) is 3.16. The lowest BCUT2D eigenvalue weighted by atomic mass is 10.0. The largest absolute Gasteiger partial charge is 0.369 e. The first kappa shape index (κ1) is 16.4. The number of benzene rings is 2. The lowest BCUT2D eigenvalue weighted by molar-refractivity contribution is -0.115. The van der Waals surface area contributed by atoms with Crippen molar-refractivity contribution in [3.05, 3.63) is 53.6 Å². The van der Waals surface area contributed by atoms with Crippen molar-refractivity contribution in [1.82, 2.24) is 0 Å². The van der Waals surface area contributed by atoms with E-state index in [0.29, 0.717) is 10.7 Å². The van der Waals surface area contributed by atoms with Gasteiger partial charge in [0, 0.05) is 16.3 Å². The highest BCUT2D eigenvalue weighted by atomic mass is 35.5. The number of primary amides is 1. The van der Waals surface area contributed by atoms with Crippen LogP contribution in [0.15, 0.2) is 48.5 Å². The van der Waals surface area contributed by atoms with Crippen molar-refractivity contribution in [2.24, 2.45) is 5.73 Å². The van der Waals surface area contributed by atoms with Crippen LogP contribution in [0.4, 0.5) is 5.69 Å². The van der Waals surface area contributed by atoms with E-state index in [0.717, 1.165) is 11.1 Å². The van der Waals surface area contributed by atoms with Gasteiger partial charge in [0.15, 0.2) is 0 Å². The topological polar surface area (TPSA) is 72.2 Å². The third kappa shape index (κ3) is 4.79. The molecule has 0 unspecified atom stereocenters. The van der Waals surface area contributed by atoms with Crippen molar-refractivity contribution in [1.29, 1.82) is 0 Å². The Kier molecular flexibility index (Phi) is 5.86. The van der Waals surface area contributed by atoms with E-state index in [1.165, 1.54) is 11.8 Å². The molecule has 2 amide bonds. The van der Waals surface area contributed by atoms with Gasteiger partial charge < -0.3 is 11.1 Å². The Bertz CT molecular complexity index is 677. The first-order valence-electron chi connectivity index (χ1n) is 6.57. The second-order valence-electron chi connectivity index (χ2n) is 4.56. The standard InChI is InChI=1S/C16H15ClN2O2S/c17-12-6-7-14(19-16(21)10-22-9-15(18)20)13(8-12)11-4-2-1-3-5-11/h1-8H,9-10H2,(H2,18,20)(H,19,21). The van der Waals surface area contributed by atoms with Crippen LogP contribution >= 0.6 is 23.4 Å². The summed E-state index contributed by atoms with van der Waals surface area (Å²) in [4.78, 5) is 22.6. The van der Waals surface area contributed by atoms with Crippen molar-refractivity contribution in [2.75, 3.05) is 16.8 Å². The monoisotopic (exact) mass is 334 g/mol. The number of hydrogen-bond donors (Lipinski definition) is 2. The van der Waals surface area contributed by atoms with Crippen molar-refractivity contribution in [2.45, 2.75) is 0 Å². The van der Waals surface area contributed by atoms with E-state index in [1.807, 2.05) is 36.4 Å². The Hall–Kier alpha value is -1.98. The molecule has 22 heavy (non-hydrogen) atoms. The molecular weight excluding hydrogens is 320 g/mol. The maximum Gasteiger partial charge on any atom is 0.234 e. The molecule has 0 aliphatic carbocycles. The van der Waals surface area contributed by atoms with Crippen LogP contribution in [0.5, 0.6) is 0 Å². The molecule has 0 heterocycles. The third-order valence-corrected chi connectivity index (χ3v) is 4.01. The van der Waals surface area contributed by atoms with Gasteiger partial charge in [-0.25, -0.2) is 0 Å². The number of nitrogens with two attached hydrogens (primary N) is 1. The minimum absolute atomic E-state index is 0.125. The molecule has 0 atom stereocenters. The maximum absolute atomic E-state index is 11.9. The summed E-state index contributed by atoms with van der Waals surface area (Å²) in [5, 5.41) is 3.44. The summed E-state index contributed by atoms with van der Waals surface area (Å²) in [5.41, 5.74) is 7.53. The second-order valence-corrected chi connectivity index (χ2v) is 5.99. The number of anilines is 1. The van der Waals surface area contributed by atoms with Crippen LogP contribution in [0.1, 0.15) is 0 Å². The second kappa shape index (κ2) is 7.87. The number of carbonyl (C=O) groups excluding carboxylic acids is 2. The number of rotatable bonds is 6. The molecular formula is C16H15ClN2O2S. The molecule has 114 valence electrons. The zero-order valence-corrected chi connectivity index (χ0v) is 13.3. The predicted molar refractivity (Wildman–Crippen MR) is 92.0 cm³/mol. The number of halogens is 1. The van der Waals surface area contributed by atoms with E-state index in [1.54, 1.807) is 12.1 Å². The summed E-state index contributed by atoms with van der Waals surface area (Å²) in [7, 11) is 0. The first-order chi connectivity index (χ1) is 10.6. The van der Waals surface area contributed by atoms with Gasteiger partial charge >= 0.3 is 0 Å². The number of hydrogen-bond acceptors (Lipinski definition) is 3. The molecule has 2 aromatic carbocycles. The first-order valence-corrected chi connectivity index (χ1v) is 8.10. The summed E-state index contributed by atoms with van der Waals surface area (Å²) >= 11 is 7.23. The molecule has 0 fully saturated rings. The quantitative estimate of drug-likeness (QED) is 0.852. The van der Waals surface area contributed by atoms with E-state index >= 15 is 0 Å². The van der Waals surface area contributed by atoms with Gasteiger partial charge in [0.1, 0.15) is 0 Å². The molecule has 0 saturated carbocycles. The molecule has 4 nitrogen and oxygen atoms in total. The summed E-state index contributed by atoms with van der Waals surface area (Å²) in [6.45, 7) is 0. The Morgan fingerprint density at radius 3 is 2.50 bits per heavy atom. The summed E-state index contributed by atoms with van der Waals surface area (Å²) in [5.74, 6) is -0.334. The highest BCUT2D eigenvalue weighted by Gasteiger charge is 2.10. The van der Waals surface area contributed by atoms with Crippen LogP contribution in [-0.2, 0) is 9.59 Å². The van der Waals surface area contributed by atoms with Gasteiger partial charge in [-0.3, -0.25) is 9.59 Å². The molecule has 0 saturated heterocycles. The van der Waals surface area contributed by atoms with Gasteiger partial charge in [0.05, 0.1) is 11.5 Å². The van der Waals surface area contributed by atoms with E-state index < -0.39 is 5.91 Å². The molecule has 0 radical (unpaired) electrons. The average Bonchev–Trinajstić information content (AvgIpc) is 2.49. The van der Waals surface area contributed by atoms with Crippen molar-refractivity contribution >= 4 is 40.9 Å². The fraction of sp³-hybridized carbons (Fsp3) is 0.125. The van der Waals surface area contributed by atoms with Crippen LogP contribution < -0.4 is 11.1 Å². The molecule has 0 aliphatic heterocycles. The van der Waals surface area contributed by atoms with Gasteiger partial charge in [0.2, 0.25) is 11.8 Å². The van der Waals surface area contributed by atoms with E-state index in [-0.39, 0.29) is 17.4 Å². The Labute approximate surface area is 138 Å². The molecule has 3 N–H and O–H groups in total. The molecule has 0 spiro atoms. The molecule has 6 heteroatoms. The van der Waals surface area contributed by atoms with Crippen molar-refractivity contribution in [3.63, 3.8) is 0 Å². The molecule has 2 rings (SSSR count). The molecule has 0 bridgehead atoms. The molecule has 0 aromatic heterocycles. The van der Waals surface area contributed by atoms with Crippen molar-refractivity contribution < 1.29 is 9.59 Å². The number of nitrogens with one attached hydrogen (secondary N) is 1. The number of amides is 2. The van der Waals surface area contributed by atoms with E-state index in [9.17, 15) is 9.59 Å². The van der Waals surface area contributed by atoms with Gasteiger partial charge in [0.25, 0.3) is 0 Å². The minimum atomic E-state index is -0.436. The van der Waals surface area contributed by atoms with Gasteiger partial charge in [-0.1, -0.05) is 41.9 Å². The van der Waals surface area contributed by atoms with Crippen LogP contribution in [0.3, 0.4) is 0 Å². The SMILES string of the molecule is NC(=O)CSCC(=O)Nc1ccc(Cl)cc1-c1ccccc1. The molecule has 0 aliphatic rings. The summed E-state index contributed by atoms with van der Waals surface area (Å²) < 4.78 is 0. The van der Waals surface area contributed by atoms with Crippen LogP contribution in [0.2, 0.25) is 5.02 Å². The Morgan fingerprint density at radius 2 is 1.82 bits per heavy atom. The zero-order valence-electron chi connectivity index (χ0n) is 11.7. The van der Waals surface area contributed by atoms with Crippen LogP contribution in [0.25, 0.3) is 11.1 Å². The third-order valence-electron chi connectivity index (χ3n) is 2.82. The lowest BCUT2D eigenvalue weighted by Gasteiger charge is -2.12. The van der Waals surface area contributed by atoms with E-state index in [4.69, 9.17) is 17.3 Å². The average molecular weight is 335 g/mol. The minimum Gasteiger partial charge on any atom is -0.369 e. The van der Waals surface area contributed by atoms with Gasteiger partial charge in [-0.05, 0) is 23.8 Å². The molecule has 2 aromatic rings. The fourth-order valence-corrected chi connectivity index (χ4v) is 2.65. The fourth-order valence-electron chi connectivity index (χ4n) is 1.91. The number of carbonyl (C=O) groups is 2. The van der Waals surface area contributed by atoms with Crippen molar-refractivity contribution in [3.8, 4) is 11.1 Å². The Morgan fingerprint density at radius 1 is 1.09 bits per heavy atom. The lowest BCUT2D eigenvalue weighted by Crippen LogP contribution is -2.18. The van der Waals surface area contributed by atoms with E-state index in [2.05, 4.69) is 5.32 Å². The van der Waals surface area contributed by atoms with Gasteiger partial charge in [-0.2, -0.15) is 0 Å². The van der Waals surface area contributed by atoms with Crippen LogP contribution in [-0.4, -0.2) is 23.3 Å². The smallest absolute Gasteiger partial charge is 0.234 e. The normalized spacial score (nSPS) is 10.2. The maximum atomic E-state index is 11.9. The van der Waals surface area contributed by atoms with Gasteiger partial charge in [-0.15, -0.1) is 11.8 Å².